The molecule has 0 saturated carbocycles. The number of carbonyl (C=O) groups excluding carboxylic acids is 1. The van der Waals surface area contributed by atoms with Crippen LogP contribution in [0.25, 0.3) is 22.7 Å². The number of benzene rings is 2. The van der Waals surface area contributed by atoms with Gasteiger partial charge in [0.05, 0.1) is 17.1 Å². The lowest BCUT2D eigenvalue weighted by Gasteiger charge is -2.13. The summed E-state index contributed by atoms with van der Waals surface area (Å²) < 4.78 is 12.6. The molecule has 0 radical (unpaired) electrons. The summed E-state index contributed by atoms with van der Waals surface area (Å²) in [6, 6.07) is 12.7. The Kier molecular flexibility index (Phi) is 5.38. The first-order valence-electron chi connectivity index (χ1n) is 8.63. The maximum Gasteiger partial charge on any atom is 0.259 e. The molecule has 6 nitrogen and oxygen atoms in total. The fraction of sp³-hybridized carbons (Fsp3) is 0.0952. The van der Waals surface area contributed by atoms with Gasteiger partial charge in [-0.2, -0.15) is 4.98 Å². The quantitative estimate of drug-likeness (QED) is 0.360. The average Bonchev–Trinajstić information content (AvgIpc) is 3.13. The van der Waals surface area contributed by atoms with E-state index < -0.39 is 0 Å². The summed E-state index contributed by atoms with van der Waals surface area (Å²) in [7, 11) is 1.53. The van der Waals surface area contributed by atoms with E-state index in [2.05, 4.69) is 47.1 Å². The van der Waals surface area contributed by atoms with E-state index in [1.807, 2.05) is 37.3 Å². The van der Waals surface area contributed by atoms with E-state index in [0.717, 1.165) is 15.6 Å². The largest absolute Gasteiger partial charge is 0.495 e. The van der Waals surface area contributed by atoms with E-state index in [1.54, 1.807) is 18.3 Å². The van der Waals surface area contributed by atoms with Crippen LogP contribution in [0.4, 0.5) is 5.69 Å². The number of nitrogens with one attached hydrogen (secondary N) is 1. The van der Waals surface area contributed by atoms with Crippen molar-refractivity contribution in [3.8, 4) is 17.2 Å². The summed E-state index contributed by atoms with van der Waals surface area (Å²) in [5.74, 6) is 0.682. The van der Waals surface area contributed by atoms with E-state index in [-0.39, 0.29) is 5.91 Å². The number of aromatic nitrogens is 2. The molecular weight excluding hydrogens is 502 g/mol. The number of hydrogen-bond donors (Lipinski definition) is 1. The fourth-order valence-corrected chi connectivity index (χ4v) is 4.34. The van der Waals surface area contributed by atoms with Crippen molar-refractivity contribution in [2.45, 2.75) is 6.92 Å². The molecule has 0 unspecified atom stereocenters. The molecule has 4 rings (SSSR count). The van der Waals surface area contributed by atoms with Crippen LogP contribution in [0.15, 0.2) is 62.0 Å². The normalized spacial score (nSPS) is 10.9. The molecular formula is C21H15Br2N3O3. The van der Waals surface area contributed by atoms with Crippen LogP contribution >= 0.6 is 31.9 Å². The molecule has 1 N–H and O–H groups in total. The second-order valence-electron chi connectivity index (χ2n) is 6.30. The van der Waals surface area contributed by atoms with Crippen molar-refractivity contribution in [1.82, 2.24) is 9.97 Å². The highest BCUT2D eigenvalue weighted by Crippen LogP contribution is 2.34. The summed E-state index contributed by atoms with van der Waals surface area (Å²) in [5, 5.41) is 2.94. The molecule has 29 heavy (non-hydrogen) atoms. The standard InChI is InChI=1S/C21H15Br2N3O3/c1-11-8-12(21-26-19-17(29-21)4-3-7-24-19)5-6-16(11)25-20(27)14-9-13(22)10-15(23)18(14)28-2/h3-10H,1-2H3,(H,25,27). The summed E-state index contributed by atoms with van der Waals surface area (Å²) in [5.41, 5.74) is 3.98. The Morgan fingerprint density at radius 3 is 2.72 bits per heavy atom. The van der Waals surface area contributed by atoms with Gasteiger partial charge in [-0.25, -0.2) is 4.98 Å². The number of amides is 1. The summed E-state index contributed by atoms with van der Waals surface area (Å²) in [6.45, 7) is 1.91. The number of nitrogens with zero attached hydrogens (tertiary/aromatic N) is 2. The number of oxazole rings is 1. The van der Waals surface area contributed by atoms with Gasteiger partial charge in [0, 0.05) is 21.9 Å². The van der Waals surface area contributed by atoms with E-state index in [1.165, 1.54) is 7.11 Å². The lowest BCUT2D eigenvalue weighted by Crippen LogP contribution is -2.14. The Labute approximate surface area is 183 Å². The van der Waals surface area contributed by atoms with Crippen LogP contribution < -0.4 is 10.1 Å². The van der Waals surface area contributed by atoms with Crippen LogP contribution in [-0.2, 0) is 0 Å². The van der Waals surface area contributed by atoms with Crippen molar-refractivity contribution in [1.29, 1.82) is 0 Å². The van der Waals surface area contributed by atoms with Gasteiger partial charge in [-0.15, -0.1) is 0 Å². The zero-order chi connectivity index (χ0) is 20.5. The molecule has 0 spiro atoms. The third kappa shape index (κ3) is 3.90. The molecule has 2 aromatic carbocycles. The van der Waals surface area contributed by atoms with Crippen molar-refractivity contribution >= 4 is 54.7 Å². The number of anilines is 1. The van der Waals surface area contributed by atoms with Gasteiger partial charge in [0.15, 0.2) is 11.2 Å². The van der Waals surface area contributed by atoms with Crippen molar-refractivity contribution < 1.29 is 13.9 Å². The first-order valence-corrected chi connectivity index (χ1v) is 10.2. The number of methoxy groups -OCH3 is 1. The molecule has 0 bridgehead atoms. The Bertz CT molecular complexity index is 1200. The van der Waals surface area contributed by atoms with Gasteiger partial charge in [-0.05, 0) is 70.9 Å². The highest BCUT2D eigenvalue weighted by molar-refractivity contribution is 9.11. The molecule has 4 aromatic rings. The number of rotatable bonds is 4. The molecule has 2 aromatic heterocycles. The van der Waals surface area contributed by atoms with Crippen LogP contribution in [0, 0.1) is 6.92 Å². The molecule has 1 amide bonds. The van der Waals surface area contributed by atoms with Crippen molar-refractivity contribution in [2.24, 2.45) is 0 Å². The van der Waals surface area contributed by atoms with Gasteiger partial charge >= 0.3 is 0 Å². The van der Waals surface area contributed by atoms with Gasteiger partial charge in [0.1, 0.15) is 5.75 Å². The predicted molar refractivity (Wildman–Crippen MR) is 118 cm³/mol. The molecule has 0 aliphatic rings. The molecule has 2 heterocycles. The van der Waals surface area contributed by atoms with Crippen LogP contribution in [0.3, 0.4) is 0 Å². The Morgan fingerprint density at radius 2 is 2.00 bits per heavy atom. The van der Waals surface area contributed by atoms with Crippen LogP contribution in [0.5, 0.6) is 5.75 Å². The minimum absolute atomic E-state index is 0.272. The fourth-order valence-electron chi connectivity index (χ4n) is 2.96. The molecule has 0 aliphatic heterocycles. The Hall–Kier alpha value is -2.71. The van der Waals surface area contributed by atoms with Crippen molar-refractivity contribution in [3.63, 3.8) is 0 Å². The number of fused-ring (bicyclic) bond motifs is 1. The number of ether oxygens (including phenoxy) is 1. The van der Waals surface area contributed by atoms with Crippen molar-refractivity contribution in [3.05, 3.63) is 68.7 Å². The topological polar surface area (TPSA) is 77.2 Å². The van der Waals surface area contributed by atoms with E-state index in [4.69, 9.17) is 9.15 Å². The Morgan fingerprint density at radius 1 is 1.17 bits per heavy atom. The van der Waals surface area contributed by atoms with Gasteiger partial charge in [0.2, 0.25) is 5.89 Å². The third-order valence-electron chi connectivity index (χ3n) is 4.34. The van der Waals surface area contributed by atoms with Crippen LogP contribution in [-0.4, -0.2) is 23.0 Å². The molecule has 146 valence electrons. The second kappa shape index (κ2) is 7.96. The predicted octanol–water partition coefficient (Wildman–Crippen LogP) is 5.98. The maximum atomic E-state index is 12.9. The summed E-state index contributed by atoms with van der Waals surface area (Å²) in [6.07, 6.45) is 1.67. The molecule has 0 atom stereocenters. The minimum atomic E-state index is -0.272. The highest BCUT2D eigenvalue weighted by atomic mass is 79.9. The van der Waals surface area contributed by atoms with Gasteiger partial charge in [-0.1, -0.05) is 15.9 Å². The smallest absolute Gasteiger partial charge is 0.259 e. The van der Waals surface area contributed by atoms with E-state index in [9.17, 15) is 4.79 Å². The molecule has 0 fully saturated rings. The zero-order valence-corrected chi connectivity index (χ0v) is 18.7. The van der Waals surface area contributed by atoms with Crippen molar-refractivity contribution in [2.75, 3.05) is 12.4 Å². The lowest BCUT2D eigenvalue weighted by atomic mass is 10.1. The lowest BCUT2D eigenvalue weighted by molar-refractivity contribution is 0.102. The summed E-state index contributed by atoms with van der Waals surface area (Å²) >= 11 is 6.83. The molecule has 8 heteroatoms. The summed E-state index contributed by atoms with van der Waals surface area (Å²) in [4.78, 5) is 21.5. The van der Waals surface area contributed by atoms with Crippen LogP contribution in [0.1, 0.15) is 15.9 Å². The zero-order valence-electron chi connectivity index (χ0n) is 15.5. The average molecular weight is 517 g/mol. The number of halogens is 2. The van der Waals surface area contributed by atoms with E-state index >= 15 is 0 Å². The minimum Gasteiger partial charge on any atom is -0.495 e. The Balaban J connectivity index is 1.63. The molecule has 0 saturated heterocycles. The van der Waals surface area contributed by atoms with E-state index in [0.29, 0.717) is 38.6 Å². The van der Waals surface area contributed by atoms with Gasteiger partial charge in [0.25, 0.3) is 5.91 Å². The van der Waals surface area contributed by atoms with Crippen LogP contribution in [0.2, 0.25) is 0 Å². The van der Waals surface area contributed by atoms with Gasteiger partial charge in [-0.3, -0.25) is 4.79 Å². The number of aryl methyl sites for hydroxylation is 1. The molecule has 0 aliphatic carbocycles. The third-order valence-corrected chi connectivity index (χ3v) is 5.39. The monoisotopic (exact) mass is 515 g/mol. The number of hydrogen-bond acceptors (Lipinski definition) is 5. The first kappa shape index (κ1) is 19.6. The first-order chi connectivity index (χ1) is 14.0. The SMILES string of the molecule is COc1c(Br)cc(Br)cc1C(=O)Nc1ccc(-c2nc3ncccc3o2)cc1C. The number of pyridine rings is 1. The van der Waals surface area contributed by atoms with Gasteiger partial charge < -0.3 is 14.5 Å². The highest BCUT2D eigenvalue weighted by Gasteiger charge is 2.18. The number of carbonyl (C=O) groups is 1. The maximum absolute atomic E-state index is 12.9. The second-order valence-corrected chi connectivity index (χ2v) is 8.07.